The SMILES string of the molecule is COc1ccc(C(C)=O)c(OC(=O)[C@H](C)Oc2cccc(C)c2)c1. The van der Waals surface area contributed by atoms with Crippen molar-refractivity contribution >= 4 is 11.8 Å². The number of benzene rings is 2. The molecule has 0 radical (unpaired) electrons. The summed E-state index contributed by atoms with van der Waals surface area (Å²) >= 11 is 0. The summed E-state index contributed by atoms with van der Waals surface area (Å²) in [5.41, 5.74) is 1.34. The molecule has 2 aromatic rings. The Morgan fingerprint density at radius 3 is 2.42 bits per heavy atom. The molecule has 0 fully saturated rings. The number of methoxy groups -OCH3 is 1. The molecular formula is C19H20O5. The second-order valence-electron chi connectivity index (χ2n) is 5.42. The predicted octanol–water partition coefficient (Wildman–Crippen LogP) is 3.58. The second-order valence-corrected chi connectivity index (χ2v) is 5.42. The smallest absolute Gasteiger partial charge is 0.352 e. The van der Waals surface area contributed by atoms with E-state index in [4.69, 9.17) is 14.2 Å². The first-order chi connectivity index (χ1) is 11.4. The van der Waals surface area contributed by atoms with Crippen LogP contribution in [0.4, 0.5) is 0 Å². The van der Waals surface area contributed by atoms with Gasteiger partial charge in [0.2, 0.25) is 0 Å². The molecule has 0 N–H and O–H groups in total. The van der Waals surface area contributed by atoms with Gasteiger partial charge in [0, 0.05) is 6.07 Å². The summed E-state index contributed by atoms with van der Waals surface area (Å²) in [6.45, 7) is 4.94. The highest BCUT2D eigenvalue weighted by Crippen LogP contribution is 2.26. The van der Waals surface area contributed by atoms with Crippen molar-refractivity contribution in [2.75, 3.05) is 7.11 Å². The Balaban J connectivity index is 2.14. The lowest BCUT2D eigenvalue weighted by Crippen LogP contribution is -2.29. The number of carbonyl (C=O) groups is 2. The average Bonchev–Trinajstić information content (AvgIpc) is 2.54. The summed E-state index contributed by atoms with van der Waals surface area (Å²) < 4.78 is 16.1. The zero-order valence-electron chi connectivity index (χ0n) is 14.2. The Kier molecular flexibility index (Phi) is 5.58. The Hall–Kier alpha value is -2.82. The lowest BCUT2D eigenvalue weighted by atomic mass is 10.1. The molecule has 5 nitrogen and oxygen atoms in total. The van der Waals surface area contributed by atoms with Crippen LogP contribution in [0.15, 0.2) is 42.5 Å². The molecule has 126 valence electrons. The summed E-state index contributed by atoms with van der Waals surface area (Å²) in [7, 11) is 1.50. The number of carbonyl (C=O) groups excluding carboxylic acids is 2. The van der Waals surface area contributed by atoms with Gasteiger partial charge in [-0.05, 0) is 50.6 Å². The van der Waals surface area contributed by atoms with Crippen LogP contribution in [0.3, 0.4) is 0 Å². The molecule has 0 unspecified atom stereocenters. The third kappa shape index (κ3) is 4.35. The van der Waals surface area contributed by atoms with Gasteiger partial charge in [-0.15, -0.1) is 0 Å². The zero-order chi connectivity index (χ0) is 17.7. The number of rotatable bonds is 6. The maximum atomic E-state index is 12.3. The highest BCUT2D eigenvalue weighted by Gasteiger charge is 2.20. The van der Waals surface area contributed by atoms with Crippen LogP contribution < -0.4 is 14.2 Å². The van der Waals surface area contributed by atoms with Gasteiger partial charge < -0.3 is 14.2 Å². The molecule has 0 aromatic heterocycles. The number of hydrogen-bond acceptors (Lipinski definition) is 5. The number of Topliss-reactive ketones (excluding diaryl/α,β-unsaturated/α-hetero) is 1. The number of hydrogen-bond donors (Lipinski definition) is 0. The fourth-order valence-electron chi connectivity index (χ4n) is 2.14. The first kappa shape index (κ1) is 17.5. The van der Waals surface area contributed by atoms with Gasteiger partial charge in [0.15, 0.2) is 11.9 Å². The molecule has 2 rings (SSSR count). The lowest BCUT2D eigenvalue weighted by Gasteiger charge is -2.15. The van der Waals surface area contributed by atoms with Crippen LogP contribution in [-0.2, 0) is 4.79 Å². The number of esters is 1. The van der Waals surface area contributed by atoms with E-state index in [1.165, 1.54) is 20.1 Å². The van der Waals surface area contributed by atoms with Crippen molar-refractivity contribution in [3.05, 3.63) is 53.6 Å². The van der Waals surface area contributed by atoms with E-state index in [9.17, 15) is 9.59 Å². The van der Waals surface area contributed by atoms with Gasteiger partial charge in [0.25, 0.3) is 0 Å². The Bertz CT molecular complexity index is 751. The number of aryl methyl sites for hydroxylation is 1. The molecule has 0 aliphatic heterocycles. The molecular weight excluding hydrogens is 308 g/mol. The summed E-state index contributed by atoms with van der Waals surface area (Å²) in [4.78, 5) is 24.0. The van der Waals surface area contributed by atoms with Crippen molar-refractivity contribution < 1.29 is 23.8 Å². The van der Waals surface area contributed by atoms with E-state index in [0.717, 1.165) is 5.56 Å². The van der Waals surface area contributed by atoms with Crippen molar-refractivity contribution in [2.24, 2.45) is 0 Å². The van der Waals surface area contributed by atoms with E-state index >= 15 is 0 Å². The van der Waals surface area contributed by atoms with Crippen LogP contribution in [0.25, 0.3) is 0 Å². The summed E-state index contributed by atoms with van der Waals surface area (Å²) in [5, 5.41) is 0. The van der Waals surface area contributed by atoms with Crippen LogP contribution in [0, 0.1) is 6.92 Å². The van der Waals surface area contributed by atoms with E-state index in [0.29, 0.717) is 17.1 Å². The van der Waals surface area contributed by atoms with Crippen LogP contribution >= 0.6 is 0 Å². The van der Waals surface area contributed by atoms with Gasteiger partial charge in [-0.25, -0.2) is 4.79 Å². The van der Waals surface area contributed by atoms with E-state index < -0.39 is 12.1 Å². The molecule has 0 spiro atoms. The van der Waals surface area contributed by atoms with E-state index in [1.807, 2.05) is 25.1 Å². The van der Waals surface area contributed by atoms with Crippen molar-refractivity contribution in [1.29, 1.82) is 0 Å². The molecule has 0 saturated carbocycles. The molecule has 1 atom stereocenters. The van der Waals surface area contributed by atoms with Gasteiger partial charge in [-0.1, -0.05) is 12.1 Å². The van der Waals surface area contributed by atoms with Gasteiger partial charge in [0.1, 0.15) is 17.2 Å². The maximum Gasteiger partial charge on any atom is 0.352 e. The quantitative estimate of drug-likeness (QED) is 0.461. The van der Waals surface area contributed by atoms with Crippen molar-refractivity contribution in [3.63, 3.8) is 0 Å². The zero-order valence-corrected chi connectivity index (χ0v) is 14.2. The van der Waals surface area contributed by atoms with Crippen LogP contribution in [-0.4, -0.2) is 25.0 Å². The Morgan fingerprint density at radius 2 is 1.79 bits per heavy atom. The molecule has 24 heavy (non-hydrogen) atoms. The van der Waals surface area contributed by atoms with Crippen molar-refractivity contribution in [1.82, 2.24) is 0 Å². The molecule has 0 aliphatic carbocycles. The minimum Gasteiger partial charge on any atom is -0.497 e. The maximum absolute atomic E-state index is 12.3. The molecule has 5 heteroatoms. The van der Waals surface area contributed by atoms with Crippen molar-refractivity contribution in [3.8, 4) is 17.2 Å². The molecule has 0 heterocycles. The average molecular weight is 328 g/mol. The summed E-state index contributed by atoms with van der Waals surface area (Å²) in [5.74, 6) is 0.443. The van der Waals surface area contributed by atoms with Gasteiger partial charge >= 0.3 is 5.97 Å². The summed E-state index contributed by atoms with van der Waals surface area (Å²) in [6.07, 6.45) is -0.821. The minimum absolute atomic E-state index is 0.159. The third-order valence-corrected chi connectivity index (χ3v) is 3.41. The minimum atomic E-state index is -0.821. The molecule has 0 amide bonds. The van der Waals surface area contributed by atoms with Crippen molar-refractivity contribution in [2.45, 2.75) is 26.9 Å². The molecule has 0 aliphatic rings. The normalized spacial score (nSPS) is 11.5. The predicted molar refractivity (Wildman–Crippen MR) is 89.9 cm³/mol. The Labute approximate surface area is 141 Å². The van der Waals surface area contributed by atoms with Crippen LogP contribution in [0.5, 0.6) is 17.2 Å². The highest BCUT2D eigenvalue weighted by atomic mass is 16.6. The molecule has 2 aromatic carbocycles. The standard InChI is InChI=1S/C19H20O5/c1-12-6-5-7-16(10-12)23-14(3)19(21)24-18-11-15(22-4)8-9-17(18)13(2)20/h5-11,14H,1-4H3/t14-/m0/s1. The first-order valence-corrected chi connectivity index (χ1v) is 7.54. The molecule has 0 saturated heterocycles. The topological polar surface area (TPSA) is 61.8 Å². The lowest BCUT2D eigenvalue weighted by molar-refractivity contribution is -0.141. The van der Waals surface area contributed by atoms with Gasteiger partial charge in [-0.2, -0.15) is 0 Å². The monoisotopic (exact) mass is 328 g/mol. The Morgan fingerprint density at radius 1 is 1.04 bits per heavy atom. The van der Waals surface area contributed by atoms with E-state index in [1.54, 1.807) is 25.1 Å². The first-order valence-electron chi connectivity index (χ1n) is 7.54. The largest absolute Gasteiger partial charge is 0.497 e. The number of ether oxygens (including phenoxy) is 3. The third-order valence-electron chi connectivity index (χ3n) is 3.41. The fourth-order valence-corrected chi connectivity index (χ4v) is 2.14. The second kappa shape index (κ2) is 7.64. The van der Waals surface area contributed by atoms with Gasteiger partial charge in [-0.3, -0.25) is 4.79 Å². The highest BCUT2D eigenvalue weighted by molar-refractivity contribution is 5.97. The van der Waals surface area contributed by atoms with Gasteiger partial charge in [0.05, 0.1) is 12.7 Å². The van der Waals surface area contributed by atoms with Crippen LogP contribution in [0.2, 0.25) is 0 Å². The van der Waals surface area contributed by atoms with E-state index in [-0.39, 0.29) is 11.5 Å². The summed E-state index contributed by atoms with van der Waals surface area (Å²) in [6, 6.07) is 12.1. The molecule has 0 bridgehead atoms. The van der Waals surface area contributed by atoms with E-state index in [2.05, 4.69) is 0 Å². The number of ketones is 1. The fraction of sp³-hybridized carbons (Fsp3) is 0.263. The van der Waals surface area contributed by atoms with Crippen LogP contribution in [0.1, 0.15) is 29.8 Å².